The van der Waals surface area contributed by atoms with Crippen molar-refractivity contribution in [2.24, 2.45) is 4.99 Å². The van der Waals surface area contributed by atoms with Crippen molar-refractivity contribution in [1.29, 1.82) is 0 Å². The predicted octanol–water partition coefficient (Wildman–Crippen LogP) is 3.72. The zero-order valence-corrected chi connectivity index (χ0v) is 18.4. The molecule has 1 N–H and O–H groups in total. The Morgan fingerprint density at radius 1 is 1.32 bits per heavy atom. The molecule has 0 aliphatic rings. The van der Waals surface area contributed by atoms with Gasteiger partial charge < -0.3 is 15.0 Å². The average Bonchev–Trinajstić information content (AvgIpc) is 3.05. The van der Waals surface area contributed by atoms with Gasteiger partial charge in [-0.25, -0.2) is 4.98 Å². The zero-order valence-electron chi connectivity index (χ0n) is 15.3. The third-order valence-electron chi connectivity index (χ3n) is 3.64. The van der Waals surface area contributed by atoms with Crippen molar-refractivity contribution in [3.8, 4) is 5.75 Å². The fourth-order valence-corrected chi connectivity index (χ4v) is 2.98. The minimum Gasteiger partial charge on any atom is -0.492 e. The number of aliphatic imine (C=N–C) groups is 1. The van der Waals surface area contributed by atoms with E-state index in [0.717, 1.165) is 29.7 Å². The molecule has 25 heavy (non-hydrogen) atoms. The summed E-state index contributed by atoms with van der Waals surface area (Å²) in [5, 5.41) is 4.43. The Balaban J connectivity index is 0.00000312. The van der Waals surface area contributed by atoms with Crippen molar-refractivity contribution in [2.45, 2.75) is 26.8 Å². The summed E-state index contributed by atoms with van der Waals surface area (Å²) in [5.74, 6) is 1.74. The van der Waals surface area contributed by atoms with Crippen LogP contribution in [0.25, 0.3) is 0 Å². The third-order valence-corrected chi connectivity index (χ3v) is 4.78. The van der Waals surface area contributed by atoms with Crippen LogP contribution >= 0.6 is 35.3 Å². The van der Waals surface area contributed by atoms with E-state index in [9.17, 15) is 0 Å². The van der Waals surface area contributed by atoms with Crippen LogP contribution < -0.4 is 10.1 Å². The Hall–Kier alpha value is -1.35. The first-order valence-electron chi connectivity index (χ1n) is 8.17. The number of hydrogen-bond donors (Lipinski definition) is 1. The Labute approximate surface area is 171 Å². The molecule has 2 rings (SSSR count). The van der Waals surface area contributed by atoms with Crippen LogP contribution in [0.1, 0.15) is 22.4 Å². The van der Waals surface area contributed by atoms with E-state index in [1.807, 2.05) is 25.4 Å². The lowest BCUT2D eigenvalue weighted by Gasteiger charge is -2.21. The molecule has 0 fully saturated rings. The Morgan fingerprint density at radius 2 is 2.04 bits per heavy atom. The minimum atomic E-state index is 0. The number of likely N-dealkylation sites (N-methyl/N-ethyl adjacent to an activating group) is 1. The van der Waals surface area contributed by atoms with E-state index in [4.69, 9.17) is 4.74 Å². The van der Waals surface area contributed by atoms with E-state index in [1.165, 1.54) is 10.4 Å². The van der Waals surface area contributed by atoms with Crippen molar-refractivity contribution in [3.05, 3.63) is 45.9 Å². The summed E-state index contributed by atoms with van der Waals surface area (Å²) in [7, 11) is 3.80. The molecule has 2 aromatic rings. The van der Waals surface area contributed by atoms with Crippen LogP contribution in [-0.4, -0.2) is 43.1 Å². The van der Waals surface area contributed by atoms with Crippen molar-refractivity contribution < 1.29 is 4.74 Å². The molecule has 0 spiro atoms. The van der Waals surface area contributed by atoms with Gasteiger partial charge in [-0.2, -0.15) is 0 Å². The first-order valence-corrected chi connectivity index (χ1v) is 8.99. The van der Waals surface area contributed by atoms with Gasteiger partial charge in [0, 0.05) is 25.2 Å². The van der Waals surface area contributed by atoms with Crippen molar-refractivity contribution in [1.82, 2.24) is 15.2 Å². The van der Waals surface area contributed by atoms with Crippen LogP contribution in [0.5, 0.6) is 5.75 Å². The number of aryl methyl sites for hydroxylation is 2. The molecule has 0 bridgehead atoms. The molecule has 7 heteroatoms. The van der Waals surface area contributed by atoms with Crippen LogP contribution in [-0.2, 0) is 13.0 Å². The summed E-state index contributed by atoms with van der Waals surface area (Å²) in [5.41, 5.74) is 1.23. The molecule has 0 radical (unpaired) electrons. The molecule has 0 saturated carbocycles. The fourth-order valence-electron chi connectivity index (χ4n) is 2.17. The van der Waals surface area contributed by atoms with E-state index in [0.29, 0.717) is 13.2 Å². The minimum absolute atomic E-state index is 0. The highest BCUT2D eigenvalue weighted by Crippen LogP contribution is 2.13. The molecule has 5 nitrogen and oxygen atoms in total. The van der Waals surface area contributed by atoms with E-state index < -0.39 is 0 Å². The lowest BCUT2D eigenvalue weighted by molar-refractivity contribution is 0.281. The maximum absolute atomic E-state index is 5.77. The number of rotatable bonds is 7. The number of nitrogens with zero attached hydrogens (tertiary/aromatic N) is 3. The van der Waals surface area contributed by atoms with Crippen molar-refractivity contribution in [2.75, 3.05) is 27.2 Å². The van der Waals surface area contributed by atoms with Gasteiger partial charge in [-0.15, -0.1) is 35.3 Å². The number of nitrogens with one attached hydrogen (secondary N) is 1. The van der Waals surface area contributed by atoms with E-state index >= 15 is 0 Å². The summed E-state index contributed by atoms with van der Waals surface area (Å²) in [6.07, 6.45) is 2.98. The molecule has 0 aliphatic heterocycles. The lowest BCUT2D eigenvalue weighted by atomic mass is 10.2. The normalized spacial score (nSPS) is 11.0. The highest BCUT2D eigenvalue weighted by atomic mass is 127. The zero-order chi connectivity index (χ0) is 17.4. The van der Waals surface area contributed by atoms with Gasteiger partial charge in [0.25, 0.3) is 0 Å². The molecule has 1 aromatic heterocycles. The van der Waals surface area contributed by atoms with Gasteiger partial charge in [0.05, 0.1) is 13.1 Å². The molecular formula is C18H27IN4OS. The highest BCUT2D eigenvalue weighted by molar-refractivity contribution is 14.0. The SMILES string of the molecule is CCc1cnc(CNC(=NC)N(C)CCOc2ccc(C)cc2)s1.I. The number of guanidine groups is 1. The van der Waals surface area contributed by atoms with E-state index in [2.05, 4.69) is 46.2 Å². The predicted molar refractivity (Wildman–Crippen MR) is 116 cm³/mol. The molecule has 138 valence electrons. The van der Waals surface area contributed by atoms with Gasteiger partial charge in [0.15, 0.2) is 5.96 Å². The molecule has 0 saturated heterocycles. The monoisotopic (exact) mass is 474 g/mol. The van der Waals surface area contributed by atoms with Gasteiger partial charge in [-0.05, 0) is 25.5 Å². The lowest BCUT2D eigenvalue weighted by Crippen LogP contribution is -2.40. The summed E-state index contributed by atoms with van der Waals surface area (Å²) < 4.78 is 5.77. The number of benzene rings is 1. The van der Waals surface area contributed by atoms with Gasteiger partial charge in [0.2, 0.25) is 0 Å². The number of halogens is 1. The standard InChI is InChI=1S/C18H26N4OS.HI/c1-5-16-12-20-17(24-16)13-21-18(19-3)22(4)10-11-23-15-8-6-14(2)7-9-15;/h6-9,12H,5,10-11,13H2,1-4H3,(H,19,21);1H. The smallest absolute Gasteiger partial charge is 0.193 e. The summed E-state index contributed by atoms with van der Waals surface area (Å²) in [4.78, 5) is 12.1. The number of thiazole rings is 1. The second-order valence-electron chi connectivity index (χ2n) is 5.56. The average molecular weight is 474 g/mol. The summed E-state index contributed by atoms with van der Waals surface area (Å²) in [6.45, 7) is 6.27. The van der Waals surface area contributed by atoms with E-state index in [-0.39, 0.29) is 24.0 Å². The third kappa shape index (κ3) is 7.19. The summed E-state index contributed by atoms with van der Waals surface area (Å²) >= 11 is 1.74. The van der Waals surface area contributed by atoms with Crippen LogP contribution in [0.15, 0.2) is 35.5 Å². The largest absolute Gasteiger partial charge is 0.492 e. The molecular weight excluding hydrogens is 447 g/mol. The summed E-state index contributed by atoms with van der Waals surface area (Å²) in [6, 6.07) is 8.10. The quantitative estimate of drug-likeness (QED) is 0.378. The van der Waals surface area contributed by atoms with Gasteiger partial charge in [0.1, 0.15) is 17.4 Å². The van der Waals surface area contributed by atoms with Gasteiger partial charge in [-0.3, -0.25) is 4.99 Å². The maximum Gasteiger partial charge on any atom is 0.193 e. The fraction of sp³-hybridized carbons (Fsp3) is 0.444. The number of aromatic nitrogens is 1. The van der Waals surface area contributed by atoms with Crippen LogP contribution in [0, 0.1) is 6.92 Å². The maximum atomic E-state index is 5.77. The van der Waals surface area contributed by atoms with Crippen molar-refractivity contribution >= 4 is 41.3 Å². The first kappa shape index (κ1) is 21.7. The molecule has 0 amide bonds. The highest BCUT2D eigenvalue weighted by Gasteiger charge is 2.07. The first-order chi connectivity index (χ1) is 11.6. The van der Waals surface area contributed by atoms with Crippen LogP contribution in [0.2, 0.25) is 0 Å². The van der Waals surface area contributed by atoms with Crippen molar-refractivity contribution in [3.63, 3.8) is 0 Å². The second-order valence-corrected chi connectivity index (χ2v) is 6.76. The molecule has 1 aromatic carbocycles. The molecule has 1 heterocycles. The number of hydrogen-bond acceptors (Lipinski definition) is 4. The Bertz CT molecular complexity index is 657. The topological polar surface area (TPSA) is 49.8 Å². The molecule has 0 unspecified atom stereocenters. The number of ether oxygens (including phenoxy) is 1. The molecule has 0 aliphatic carbocycles. The van der Waals surface area contributed by atoms with Gasteiger partial charge >= 0.3 is 0 Å². The Kier molecular flexibility index (Phi) is 9.81. The molecule has 0 atom stereocenters. The Morgan fingerprint density at radius 3 is 2.64 bits per heavy atom. The van der Waals surface area contributed by atoms with E-state index in [1.54, 1.807) is 18.4 Å². The van der Waals surface area contributed by atoms with Gasteiger partial charge in [-0.1, -0.05) is 24.6 Å². The van der Waals surface area contributed by atoms with Crippen LogP contribution in [0.4, 0.5) is 0 Å². The van der Waals surface area contributed by atoms with Crippen LogP contribution in [0.3, 0.4) is 0 Å². The second kappa shape index (κ2) is 11.3.